The van der Waals surface area contributed by atoms with E-state index in [1.807, 2.05) is 6.07 Å². The van der Waals surface area contributed by atoms with Crippen molar-refractivity contribution in [2.75, 3.05) is 12.4 Å². The summed E-state index contributed by atoms with van der Waals surface area (Å²) in [4.78, 5) is 23.6. The van der Waals surface area contributed by atoms with Gasteiger partial charge >= 0.3 is 0 Å². The van der Waals surface area contributed by atoms with Crippen molar-refractivity contribution >= 4 is 39.6 Å². The Kier molecular flexibility index (Phi) is 6.53. The third-order valence-corrected chi connectivity index (χ3v) is 3.77. The lowest BCUT2D eigenvalue weighted by atomic mass is 10.2. The molecule has 0 heterocycles. The molecule has 0 aliphatic heterocycles. The molecule has 0 radical (unpaired) electrons. The van der Waals surface area contributed by atoms with E-state index in [9.17, 15) is 14.7 Å². The van der Waals surface area contributed by atoms with Crippen LogP contribution in [-0.2, 0) is 9.59 Å². The first-order chi connectivity index (χ1) is 12.0. The number of hydrogen-bond acceptors (Lipinski definition) is 5. The molecule has 0 atom stereocenters. The maximum atomic E-state index is 11.8. The maximum Gasteiger partial charge on any atom is 0.249 e. The number of aromatic hydroxyl groups is 1. The number of nitrogens with zero attached hydrogens (tertiary/aromatic N) is 1. The van der Waals surface area contributed by atoms with Crippen LogP contribution in [-0.4, -0.2) is 30.2 Å². The van der Waals surface area contributed by atoms with Crippen LogP contribution in [0.1, 0.15) is 12.0 Å². The van der Waals surface area contributed by atoms with Crippen molar-refractivity contribution in [1.29, 1.82) is 0 Å². The summed E-state index contributed by atoms with van der Waals surface area (Å²) in [6.07, 6.45) is 1.02. The Morgan fingerprint density at radius 1 is 1.24 bits per heavy atom. The van der Waals surface area contributed by atoms with Gasteiger partial charge in [-0.1, -0.05) is 12.1 Å². The third-order valence-electron chi connectivity index (χ3n) is 3.08. The van der Waals surface area contributed by atoms with Crippen molar-refractivity contribution in [3.8, 4) is 11.5 Å². The summed E-state index contributed by atoms with van der Waals surface area (Å²) >= 11 is 3.31. The summed E-state index contributed by atoms with van der Waals surface area (Å²) in [6, 6.07) is 11.7. The zero-order chi connectivity index (χ0) is 18.2. The number of ether oxygens (including phenoxy) is 1. The van der Waals surface area contributed by atoms with E-state index in [2.05, 4.69) is 31.8 Å². The van der Waals surface area contributed by atoms with Crippen LogP contribution >= 0.6 is 15.9 Å². The molecule has 8 heteroatoms. The van der Waals surface area contributed by atoms with Crippen LogP contribution in [0.4, 0.5) is 5.69 Å². The highest BCUT2D eigenvalue weighted by molar-refractivity contribution is 9.10. The minimum atomic E-state index is -0.549. The molecule has 2 aromatic rings. The SMILES string of the molecule is COc1cc(C=NNC(=O)CC(=O)Nc2ccccc2Br)ccc1O. The van der Waals surface area contributed by atoms with Crippen molar-refractivity contribution in [2.45, 2.75) is 6.42 Å². The van der Waals surface area contributed by atoms with Gasteiger partial charge in [0.25, 0.3) is 0 Å². The number of hydrogen-bond donors (Lipinski definition) is 3. The monoisotopic (exact) mass is 405 g/mol. The summed E-state index contributed by atoms with van der Waals surface area (Å²) in [5.41, 5.74) is 3.47. The lowest BCUT2D eigenvalue weighted by Gasteiger charge is -2.06. The molecule has 0 saturated heterocycles. The number of hydrazone groups is 1. The quantitative estimate of drug-likeness (QED) is 0.390. The lowest BCUT2D eigenvalue weighted by Crippen LogP contribution is -2.24. The summed E-state index contributed by atoms with van der Waals surface area (Å²) in [5.74, 6) is -0.701. The van der Waals surface area contributed by atoms with Crippen molar-refractivity contribution in [3.63, 3.8) is 0 Å². The van der Waals surface area contributed by atoms with Gasteiger partial charge in [-0.3, -0.25) is 9.59 Å². The number of benzene rings is 2. The Labute approximate surface area is 152 Å². The standard InChI is InChI=1S/C17H16BrN3O4/c1-25-15-8-11(6-7-14(15)22)10-19-21-17(24)9-16(23)20-13-5-3-2-4-12(13)18/h2-8,10,22H,9H2,1H3,(H,20,23)(H,21,24). The Morgan fingerprint density at radius 2 is 2.00 bits per heavy atom. The Bertz CT molecular complexity index is 808. The molecule has 130 valence electrons. The number of carbonyl (C=O) groups excluding carboxylic acids is 2. The van der Waals surface area contributed by atoms with Gasteiger partial charge < -0.3 is 15.2 Å². The highest BCUT2D eigenvalue weighted by Gasteiger charge is 2.10. The van der Waals surface area contributed by atoms with Gasteiger partial charge in [-0.05, 0) is 51.8 Å². The molecular weight excluding hydrogens is 390 g/mol. The highest BCUT2D eigenvalue weighted by atomic mass is 79.9. The summed E-state index contributed by atoms with van der Waals surface area (Å²) in [6.45, 7) is 0. The van der Waals surface area contributed by atoms with E-state index >= 15 is 0 Å². The normalized spacial score (nSPS) is 10.5. The number of phenolic OH excluding ortho intramolecular Hbond substituents is 1. The van der Waals surface area contributed by atoms with Gasteiger partial charge in [0, 0.05) is 4.47 Å². The lowest BCUT2D eigenvalue weighted by molar-refractivity contribution is -0.126. The van der Waals surface area contributed by atoms with E-state index < -0.39 is 11.8 Å². The van der Waals surface area contributed by atoms with E-state index in [-0.39, 0.29) is 12.2 Å². The molecule has 2 rings (SSSR count). The molecule has 0 fully saturated rings. The fourth-order valence-electron chi connectivity index (χ4n) is 1.90. The fourth-order valence-corrected chi connectivity index (χ4v) is 2.28. The third kappa shape index (κ3) is 5.61. The first-order valence-electron chi connectivity index (χ1n) is 7.23. The minimum absolute atomic E-state index is 0.00688. The Hall–Kier alpha value is -2.87. The topological polar surface area (TPSA) is 100 Å². The molecule has 3 N–H and O–H groups in total. The predicted molar refractivity (Wildman–Crippen MR) is 97.8 cm³/mol. The van der Waals surface area contributed by atoms with Crippen molar-refractivity contribution in [2.24, 2.45) is 5.10 Å². The minimum Gasteiger partial charge on any atom is -0.504 e. The van der Waals surface area contributed by atoms with E-state index in [0.717, 1.165) is 4.47 Å². The summed E-state index contributed by atoms with van der Waals surface area (Å²) in [7, 11) is 1.43. The highest BCUT2D eigenvalue weighted by Crippen LogP contribution is 2.25. The number of para-hydroxylation sites is 1. The average Bonchev–Trinajstić information content (AvgIpc) is 2.58. The largest absolute Gasteiger partial charge is 0.504 e. The number of anilines is 1. The van der Waals surface area contributed by atoms with Gasteiger partial charge in [0.15, 0.2) is 11.5 Å². The van der Waals surface area contributed by atoms with Crippen LogP contribution in [0.3, 0.4) is 0 Å². The predicted octanol–water partition coefficient (Wildman–Crippen LogP) is 2.64. The molecule has 0 aromatic heterocycles. The summed E-state index contributed by atoms with van der Waals surface area (Å²) in [5, 5.41) is 15.9. The molecular formula is C17H16BrN3O4. The molecule has 0 saturated carbocycles. The second kappa shape index (κ2) is 8.84. The van der Waals surface area contributed by atoms with Crippen LogP contribution in [0, 0.1) is 0 Å². The van der Waals surface area contributed by atoms with Gasteiger partial charge in [-0.25, -0.2) is 5.43 Å². The number of amides is 2. The van der Waals surface area contributed by atoms with Gasteiger partial charge in [0.2, 0.25) is 11.8 Å². The molecule has 2 amide bonds. The van der Waals surface area contributed by atoms with Gasteiger partial charge in [0.1, 0.15) is 6.42 Å². The number of methoxy groups -OCH3 is 1. The zero-order valence-corrected chi connectivity index (χ0v) is 14.9. The van der Waals surface area contributed by atoms with Crippen LogP contribution in [0.15, 0.2) is 52.0 Å². The van der Waals surface area contributed by atoms with Crippen LogP contribution in [0.5, 0.6) is 11.5 Å². The van der Waals surface area contributed by atoms with Crippen LogP contribution in [0.25, 0.3) is 0 Å². The van der Waals surface area contributed by atoms with Crippen LogP contribution < -0.4 is 15.5 Å². The first-order valence-corrected chi connectivity index (χ1v) is 8.02. The number of carbonyl (C=O) groups is 2. The van der Waals surface area contributed by atoms with Crippen LogP contribution in [0.2, 0.25) is 0 Å². The fraction of sp³-hybridized carbons (Fsp3) is 0.118. The average molecular weight is 406 g/mol. The number of phenols is 1. The number of halogens is 1. The molecule has 0 spiro atoms. The Morgan fingerprint density at radius 3 is 2.72 bits per heavy atom. The second-order valence-electron chi connectivity index (χ2n) is 4.93. The molecule has 0 aliphatic carbocycles. The molecule has 0 bridgehead atoms. The van der Waals surface area contributed by atoms with E-state index in [0.29, 0.717) is 17.0 Å². The Balaban J connectivity index is 1.86. The first kappa shape index (κ1) is 18.5. The van der Waals surface area contributed by atoms with E-state index in [1.165, 1.54) is 19.4 Å². The maximum absolute atomic E-state index is 11.8. The van der Waals surface area contributed by atoms with Crippen molar-refractivity contribution in [1.82, 2.24) is 5.43 Å². The van der Waals surface area contributed by atoms with Gasteiger partial charge in [-0.2, -0.15) is 5.10 Å². The van der Waals surface area contributed by atoms with Crippen molar-refractivity contribution < 1.29 is 19.4 Å². The van der Waals surface area contributed by atoms with Gasteiger partial charge in [0.05, 0.1) is 19.0 Å². The summed E-state index contributed by atoms with van der Waals surface area (Å²) < 4.78 is 5.70. The van der Waals surface area contributed by atoms with Gasteiger partial charge in [-0.15, -0.1) is 0 Å². The van der Waals surface area contributed by atoms with E-state index in [4.69, 9.17) is 4.74 Å². The number of nitrogens with one attached hydrogen (secondary N) is 2. The van der Waals surface area contributed by atoms with E-state index in [1.54, 1.807) is 30.3 Å². The molecule has 0 aliphatic rings. The van der Waals surface area contributed by atoms with Crippen molar-refractivity contribution in [3.05, 3.63) is 52.5 Å². The smallest absolute Gasteiger partial charge is 0.249 e. The molecule has 7 nitrogen and oxygen atoms in total. The molecule has 0 unspecified atom stereocenters. The molecule has 2 aromatic carbocycles. The number of rotatable bonds is 6. The second-order valence-corrected chi connectivity index (χ2v) is 5.78. The zero-order valence-electron chi connectivity index (χ0n) is 13.3. The molecule has 25 heavy (non-hydrogen) atoms.